The van der Waals surface area contributed by atoms with E-state index in [0.717, 1.165) is 29.7 Å². The number of aryl methyl sites for hydroxylation is 1. The van der Waals surface area contributed by atoms with E-state index in [1.165, 1.54) is 0 Å². The molecule has 3 N–H and O–H groups in total. The van der Waals surface area contributed by atoms with Crippen LogP contribution < -0.4 is 16.0 Å². The maximum atomic E-state index is 12.2. The lowest BCUT2D eigenvalue weighted by molar-refractivity contribution is -0.130. The fraction of sp³-hybridized carbons (Fsp3) is 0.286. The van der Waals surface area contributed by atoms with Gasteiger partial charge in [0.05, 0.1) is 17.6 Å². The van der Waals surface area contributed by atoms with E-state index in [9.17, 15) is 9.59 Å². The van der Waals surface area contributed by atoms with Crippen molar-refractivity contribution in [2.75, 3.05) is 17.2 Å². The predicted octanol–water partition coefficient (Wildman–Crippen LogP) is 3.01. The molecule has 1 unspecified atom stereocenters. The highest BCUT2D eigenvalue weighted by Gasteiger charge is 2.23. The number of urea groups is 1. The molecule has 2 aromatic carbocycles. The number of hydrogen-bond acceptors (Lipinski definition) is 4. The number of nitrogens with zero attached hydrogens (tertiary/aromatic N) is 2. The maximum Gasteiger partial charge on any atom is 0.323 e. The number of ether oxygens (including phenoxy) is 1. The van der Waals surface area contributed by atoms with Gasteiger partial charge in [-0.15, -0.1) is 0 Å². The number of hydrogen-bond donors (Lipinski definition) is 3. The van der Waals surface area contributed by atoms with Gasteiger partial charge in [-0.25, -0.2) is 9.78 Å². The van der Waals surface area contributed by atoms with E-state index < -0.39 is 0 Å². The van der Waals surface area contributed by atoms with Gasteiger partial charge in [0.2, 0.25) is 5.91 Å². The zero-order valence-electron chi connectivity index (χ0n) is 16.1. The van der Waals surface area contributed by atoms with Crippen LogP contribution in [0.1, 0.15) is 18.7 Å². The summed E-state index contributed by atoms with van der Waals surface area (Å²) in [7, 11) is 1.90. The molecule has 150 valence electrons. The molecule has 1 aliphatic heterocycles. The SMILES string of the molecule is Cn1c(CNC(=O)C2CCCO2)nc2cc(NC(=O)Nc3ccccc3)ccc21. The summed E-state index contributed by atoms with van der Waals surface area (Å²) in [4.78, 5) is 28.9. The number of carbonyl (C=O) groups excluding carboxylic acids is 2. The number of nitrogens with one attached hydrogen (secondary N) is 3. The van der Waals surface area contributed by atoms with Gasteiger partial charge in [-0.1, -0.05) is 18.2 Å². The van der Waals surface area contributed by atoms with Crippen molar-refractivity contribution in [2.24, 2.45) is 7.05 Å². The third-order valence-electron chi connectivity index (χ3n) is 4.91. The first-order valence-electron chi connectivity index (χ1n) is 9.58. The first-order chi connectivity index (χ1) is 14.1. The van der Waals surface area contributed by atoms with Crippen molar-refractivity contribution in [1.29, 1.82) is 0 Å². The Kier molecular flexibility index (Phi) is 5.44. The number of rotatable bonds is 5. The van der Waals surface area contributed by atoms with Crippen molar-refractivity contribution in [2.45, 2.75) is 25.5 Å². The number of para-hydroxylation sites is 1. The van der Waals surface area contributed by atoms with Crippen molar-refractivity contribution < 1.29 is 14.3 Å². The highest BCUT2D eigenvalue weighted by Crippen LogP contribution is 2.20. The van der Waals surface area contributed by atoms with E-state index in [1.807, 2.05) is 60.1 Å². The number of imidazole rings is 1. The van der Waals surface area contributed by atoms with Crippen LogP contribution in [0.3, 0.4) is 0 Å². The highest BCUT2D eigenvalue weighted by molar-refractivity contribution is 6.00. The number of benzene rings is 2. The number of amides is 3. The Labute approximate surface area is 168 Å². The van der Waals surface area contributed by atoms with Crippen molar-refractivity contribution >= 4 is 34.3 Å². The largest absolute Gasteiger partial charge is 0.368 e. The van der Waals surface area contributed by atoms with E-state index in [4.69, 9.17) is 4.74 Å². The summed E-state index contributed by atoms with van der Waals surface area (Å²) in [6.45, 7) is 0.957. The van der Waals surface area contributed by atoms with Crippen LogP contribution in [0.4, 0.5) is 16.2 Å². The smallest absolute Gasteiger partial charge is 0.323 e. The number of anilines is 2. The van der Waals surface area contributed by atoms with Crippen LogP contribution in [0.15, 0.2) is 48.5 Å². The minimum absolute atomic E-state index is 0.102. The summed E-state index contributed by atoms with van der Waals surface area (Å²) in [5.41, 5.74) is 3.01. The monoisotopic (exact) mass is 393 g/mol. The Hall–Kier alpha value is -3.39. The molecule has 0 spiro atoms. The maximum absolute atomic E-state index is 12.2. The zero-order chi connectivity index (χ0) is 20.2. The van der Waals surface area contributed by atoms with Crippen molar-refractivity contribution in [1.82, 2.24) is 14.9 Å². The Morgan fingerprint density at radius 3 is 2.69 bits per heavy atom. The fourth-order valence-electron chi connectivity index (χ4n) is 3.36. The molecule has 4 rings (SSSR count). The normalized spacial score (nSPS) is 16.0. The Morgan fingerprint density at radius 1 is 1.14 bits per heavy atom. The standard InChI is InChI=1S/C21H23N5O3/c1-26-17-10-9-15(24-21(28)23-14-6-3-2-4-7-14)12-16(17)25-19(26)13-22-20(27)18-8-5-11-29-18/h2-4,6-7,9-10,12,18H,5,8,11,13H2,1H3,(H,22,27)(H2,23,24,28). The first-order valence-corrected chi connectivity index (χ1v) is 9.58. The van der Waals surface area contributed by atoms with Crippen LogP contribution in [-0.4, -0.2) is 34.2 Å². The minimum atomic E-state index is -0.358. The summed E-state index contributed by atoms with van der Waals surface area (Å²) < 4.78 is 7.33. The van der Waals surface area contributed by atoms with E-state index in [0.29, 0.717) is 24.5 Å². The van der Waals surface area contributed by atoms with Gasteiger partial charge >= 0.3 is 6.03 Å². The summed E-state index contributed by atoms with van der Waals surface area (Å²) >= 11 is 0. The zero-order valence-corrected chi connectivity index (χ0v) is 16.1. The number of fused-ring (bicyclic) bond motifs is 1. The van der Waals surface area contributed by atoms with Crippen LogP contribution in [0.2, 0.25) is 0 Å². The molecular weight excluding hydrogens is 370 g/mol. The molecule has 8 heteroatoms. The van der Waals surface area contributed by atoms with Crippen molar-refractivity contribution in [3.63, 3.8) is 0 Å². The molecule has 1 atom stereocenters. The molecule has 1 saturated heterocycles. The number of carbonyl (C=O) groups is 2. The third-order valence-corrected chi connectivity index (χ3v) is 4.91. The first kappa shape index (κ1) is 18.9. The molecule has 3 amide bonds. The average Bonchev–Trinajstić information content (AvgIpc) is 3.35. The van der Waals surface area contributed by atoms with Gasteiger partial charge in [-0.3, -0.25) is 4.79 Å². The second-order valence-corrected chi connectivity index (χ2v) is 6.96. The van der Waals surface area contributed by atoms with Crippen LogP contribution >= 0.6 is 0 Å². The lowest BCUT2D eigenvalue weighted by Crippen LogP contribution is -2.34. The van der Waals surface area contributed by atoms with Gasteiger partial charge in [0.1, 0.15) is 11.9 Å². The second kappa shape index (κ2) is 8.32. The van der Waals surface area contributed by atoms with E-state index in [1.54, 1.807) is 0 Å². The Morgan fingerprint density at radius 2 is 1.93 bits per heavy atom. The molecule has 8 nitrogen and oxygen atoms in total. The predicted molar refractivity (Wildman–Crippen MR) is 111 cm³/mol. The summed E-state index contributed by atoms with van der Waals surface area (Å²) in [5.74, 6) is 0.631. The van der Waals surface area contributed by atoms with E-state index in [-0.39, 0.29) is 18.0 Å². The van der Waals surface area contributed by atoms with Gasteiger partial charge in [-0.2, -0.15) is 0 Å². The highest BCUT2D eigenvalue weighted by atomic mass is 16.5. The summed E-state index contributed by atoms with van der Waals surface area (Å²) in [5, 5.41) is 8.48. The molecule has 3 aromatic rings. The topological polar surface area (TPSA) is 97.3 Å². The van der Waals surface area contributed by atoms with E-state index in [2.05, 4.69) is 20.9 Å². The second-order valence-electron chi connectivity index (χ2n) is 6.96. The van der Waals surface area contributed by atoms with Gasteiger partial charge in [0.25, 0.3) is 0 Å². The minimum Gasteiger partial charge on any atom is -0.368 e. The molecular formula is C21H23N5O3. The Balaban J connectivity index is 1.42. The molecule has 29 heavy (non-hydrogen) atoms. The lowest BCUT2D eigenvalue weighted by Gasteiger charge is -2.10. The van der Waals surface area contributed by atoms with Crippen molar-refractivity contribution in [3.05, 3.63) is 54.4 Å². The molecule has 0 bridgehead atoms. The van der Waals surface area contributed by atoms with Crippen molar-refractivity contribution in [3.8, 4) is 0 Å². The van der Waals surface area contributed by atoms with Crippen LogP contribution in [-0.2, 0) is 23.1 Å². The van der Waals surface area contributed by atoms with Gasteiger partial charge < -0.3 is 25.3 Å². The molecule has 0 saturated carbocycles. The van der Waals surface area contributed by atoms with Gasteiger partial charge in [-0.05, 0) is 43.2 Å². The summed E-state index contributed by atoms with van der Waals surface area (Å²) in [6, 6.07) is 14.4. The van der Waals surface area contributed by atoms with Gasteiger partial charge in [0.15, 0.2) is 0 Å². The molecule has 1 aliphatic rings. The average molecular weight is 393 g/mol. The lowest BCUT2D eigenvalue weighted by atomic mass is 10.2. The van der Waals surface area contributed by atoms with Crippen LogP contribution in [0.5, 0.6) is 0 Å². The third kappa shape index (κ3) is 4.38. The van der Waals surface area contributed by atoms with Crippen LogP contribution in [0, 0.1) is 0 Å². The van der Waals surface area contributed by atoms with Gasteiger partial charge in [0, 0.05) is 25.0 Å². The number of aromatic nitrogens is 2. The molecule has 1 fully saturated rings. The Bertz CT molecular complexity index is 1030. The molecule has 0 aliphatic carbocycles. The fourth-order valence-corrected chi connectivity index (χ4v) is 3.36. The quantitative estimate of drug-likeness (QED) is 0.621. The molecule has 2 heterocycles. The molecule has 0 radical (unpaired) electrons. The van der Waals surface area contributed by atoms with Crippen LogP contribution in [0.25, 0.3) is 11.0 Å². The molecule has 1 aromatic heterocycles. The van der Waals surface area contributed by atoms with E-state index >= 15 is 0 Å². The summed E-state index contributed by atoms with van der Waals surface area (Å²) in [6.07, 6.45) is 1.32.